The molecule has 0 aliphatic heterocycles. The normalized spacial score (nSPS) is 12.3. The number of aryl methyl sites for hydroxylation is 1. The molecule has 4 nitrogen and oxygen atoms in total. The molecule has 4 heteroatoms. The Bertz CT molecular complexity index is 339. The Labute approximate surface area is 88.9 Å². The Morgan fingerprint density at radius 3 is 2.67 bits per heavy atom. The molecule has 0 spiro atoms. The molecule has 0 amide bonds. The molecule has 5 N–H and O–H groups in total. The first-order valence-electron chi connectivity index (χ1n) is 4.93. The Kier molecular flexibility index (Phi) is 4.12. The van der Waals surface area contributed by atoms with E-state index in [9.17, 15) is 4.79 Å². The standard InChI is InChI=1S/C11H16N2O2/c12-9-6-2-1-4-8(9)5-3-7-10(13)11(14)15/h1-2,4,6,10H,3,5,7,12-13H2,(H,14,15)/t10-/m1/s1. The van der Waals surface area contributed by atoms with Crippen LogP contribution in [0.3, 0.4) is 0 Å². The van der Waals surface area contributed by atoms with Crippen LogP contribution in [-0.2, 0) is 11.2 Å². The van der Waals surface area contributed by atoms with Crippen LogP contribution in [0, 0.1) is 0 Å². The molecule has 0 bridgehead atoms. The molecule has 1 aromatic carbocycles. The molecule has 0 radical (unpaired) electrons. The van der Waals surface area contributed by atoms with Crippen molar-refractivity contribution in [2.24, 2.45) is 5.73 Å². The molecule has 15 heavy (non-hydrogen) atoms. The van der Waals surface area contributed by atoms with Gasteiger partial charge in [0.05, 0.1) is 0 Å². The molecule has 0 saturated carbocycles. The van der Waals surface area contributed by atoms with Gasteiger partial charge in [0.15, 0.2) is 0 Å². The maximum absolute atomic E-state index is 10.5. The van der Waals surface area contributed by atoms with E-state index in [2.05, 4.69) is 0 Å². The third-order valence-corrected chi connectivity index (χ3v) is 2.33. The van der Waals surface area contributed by atoms with E-state index in [-0.39, 0.29) is 0 Å². The SMILES string of the molecule is Nc1ccccc1CCC[C@@H](N)C(=O)O. The molecule has 1 aromatic rings. The van der Waals surface area contributed by atoms with Crippen LogP contribution in [0.5, 0.6) is 0 Å². The first-order chi connectivity index (χ1) is 7.11. The number of hydrogen-bond acceptors (Lipinski definition) is 3. The highest BCUT2D eigenvalue weighted by Gasteiger charge is 2.10. The number of aliphatic carboxylic acids is 1. The van der Waals surface area contributed by atoms with Gasteiger partial charge < -0.3 is 16.6 Å². The predicted molar refractivity (Wildman–Crippen MR) is 59.4 cm³/mol. The number of anilines is 1. The summed E-state index contributed by atoms with van der Waals surface area (Å²) in [4.78, 5) is 10.5. The van der Waals surface area contributed by atoms with E-state index in [4.69, 9.17) is 16.6 Å². The molecule has 0 aliphatic rings. The van der Waals surface area contributed by atoms with E-state index in [1.165, 1.54) is 0 Å². The molecular weight excluding hydrogens is 192 g/mol. The van der Waals surface area contributed by atoms with E-state index in [1.54, 1.807) is 0 Å². The molecule has 82 valence electrons. The summed E-state index contributed by atoms with van der Waals surface area (Å²) < 4.78 is 0. The van der Waals surface area contributed by atoms with Gasteiger partial charge >= 0.3 is 5.97 Å². The lowest BCUT2D eigenvalue weighted by molar-refractivity contribution is -0.138. The second-order valence-electron chi connectivity index (χ2n) is 3.54. The van der Waals surface area contributed by atoms with Crippen molar-refractivity contribution in [3.05, 3.63) is 29.8 Å². The van der Waals surface area contributed by atoms with E-state index in [0.717, 1.165) is 24.1 Å². The first kappa shape index (κ1) is 11.5. The Hall–Kier alpha value is -1.55. The van der Waals surface area contributed by atoms with Gasteiger partial charge in [-0.15, -0.1) is 0 Å². The van der Waals surface area contributed by atoms with E-state index < -0.39 is 12.0 Å². The van der Waals surface area contributed by atoms with Gasteiger partial charge in [-0.3, -0.25) is 4.79 Å². The zero-order chi connectivity index (χ0) is 11.3. The van der Waals surface area contributed by atoms with E-state index in [1.807, 2.05) is 24.3 Å². The smallest absolute Gasteiger partial charge is 0.320 e. The van der Waals surface area contributed by atoms with Gasteiger partial charge in [-0.1, -0.05) is 18.2 Å². The average molecular weight is 208 g/mol. The number of rotatable bonds is 5. The van der Waals surface area contributed by atoms with Gasteiger partial charge in [-0.2, -0.15) is 0 Å². The molecule has 0 aromatic heterocycles. The highest BCUT2D eigenvalue weighted by Crippen LogP contribution is 2.13. The van der Waals surface area contributed by atoms with Crippen LogP contribution < -0.4 is 11.5 Å². The van der Waals surface area contributed by atoms with Gasteiger partial charge in [0.2, 0.25) is 0 Å². The number of carboxylic acid groups (broad SMARTS) is 1. The monoisotopic (exact) mass is 208 g/mol. The van der Waals surface area contributed by atoms with Crippen LogP contribution in [0.2, 0.25) is 0 Å². The number of nitrogen functional groups attached to an aromatic ring is 1. The van der Waals surface area contributed by atoms with Gasteiger partial charge in [0, 0.05) is 5.69 Å². The summed E-state index contributed by atoms with van der Waals surface area (Å²) in [6.07, 6.45) is 1.99. The summed E-state index contributed by atoms with van der Waals surface area (Å²) in [5.41, 5.74) is 12.9. The van der Waals surface area contributed by atoms with Crippen molar-refractivity contribution in [1.82, 2.24) is 0 Å². The van der Waals surface area contributed by atoms with Crippen LogP contribution >= 0.6 is 0 Å². The van der Waals surface area contributed by atoms with E-state index >= 15 is 0 Å². The summed E-state index contributed by atoms with van der Waals surface area (Å²) in [7, 11) is 0. The van der Waals surface area contributed by atoms with Gasteiger partial charge in [-0.05, 0) is 30.9 Å². The fourth-order valence-corrected chi connectivity index (χ4v) is 1.40. The number of nitrogens with two attached hydrogens (primary N) is 2. The zero-order valence-electron chi connectivity index (χ0n) is 8.52. The molecule has 1 rings (SSSR count). The number of hydrogen-bond donors (Lipinski definition) is 3. The largest absolute Gasteiger partial charge is 0.480 e. The van der Waals surface area contributed by atoms with Crippen LogP contribution in [0.15, 0.2) is 24.3 Å². The lowest BCUT2D eigenvalue weighted by Gasteiger charge is -2.07. The lowest BCUT2D eigenvalue weighted by atomic mass is 10.0. The van der Waals surface area contributed by atoms with Crippen molar-refractivity contribution in [2.45, 2.75) is 25.3 Å². The van der Waals surface area contributed by atoms with Crippen molar-refractivity contribution < 1.29 is 9.90 Å². The zero-order valence-corrected chi connectivity index (χ0v) is 8.52. The van der Waals surface area contributed by atoms with Crippen LogP contribution in [0.4, 0.5) is 5.69 Å². The highest BCUT2D eigenvalue weighted by molar-refractivity contribution is 5.72. The molecular formula is C11H16N2O2. The Morgan fingerprint density at radius 2 is 2.07 bits per heavy atom. The first-order valence-corrected chi connectivity index (χ1v) is 4.93. The molecule has 0 unspecified atom stereocenters. The lowest BCUT2D eigenvalue weighted by Crippen LogP contribution is -2.29. The summed E-state index contributed by atoms with van der Waals surface area (Å²) >= 11 is 0. The maximum Gasteiger partial charge on any atom is 0.320 e. The van der Waals surface area contributed by atoms with Crippen LogP contribution in [-0.4, -0.2) is 17.1 Å². The third kappa shape index (κ3) is 3.59. The second kappa shape index (κ2) is 5.36. The quantitative estimate of drug-likeness (QED) is 0.630. The minimum absolute atomic E-state index is 0.476. The van der Waals surface area contributed by atoms with Crippen molar-refractivity contribution in [3.63, 3.8) is 0 Å². The van der Waals surface area contributed by atoms with Crippen molar-refractivity contribution >= 4 is 11.7 Å². The predicted octanol–water partition coefficient (Wildman–Crippen LogP) is 1.00. The van der Waals surface area contributed by atoms with Gasteiger partial charge in [0.25, 0.3) is 0 Å². The summed E-state index contributed by atoms with van der Waals surface area (Å²) in [5.74, 6) is -0.948. The molecule has 1 atom stereocenters. The van der Waals surface area contributed by atoms with Crippen LogP contribution in [0.1, 0.15) is 18.4 Å². The number of para-hydroxylation sites is 1. The minimum Gasteiger partial charge on any atom is -0.480 e. The summed E-state index contributed by atoms with van der Waals surface area (Å²) in [5, 5.41) is 8.58. The summed E-state index contributed by atoms with van der Waals surface area (Å²) in [6, 6.07) is 6.81. The molecule has 0 aliphatic carbocycles. The van der Waals surface area contributed by atoms with Crippen molar-refractivity contribution in [2.75, 3.05) is 5.73 Å². The number of benzene rings is 1. The second-order valence-corrected chi connectivity index (χ2v) is 3.54. The fourth-order valence-electron chi connectivity index (χ4n) is 1.40. The Morgan fingerprint density at radius 1 is 1.40 bits per heavy atom. The van der Waals surface area contributed by atoms with Gasteiger partial charge in [0.1, 0.15) is 6.04 Å². The fraction of sp³-hybridized carbons (Fsp3) is 0.364. The summed E-state index contributed by atoms with van der Waals surface area (Å²) in [6.45, 7) is 0. The van der Waals surface area contributed by atoms with E-state index in [0.29, 0.717) is 6.42 Å². The van der Waals surface area contributed by atoms with Crippen molar-refractivity contribution in [3.8, 4) is 0 Å². The molecule has 0 saturated heterocycles. The average Bonchev–Trinajstić information content (AvgIpc) is 2.20. The maximum atomic E-state index is 10.5. The third-order valence-electron chi connectivity index (χ3n) is 2.33. The van der Waals surface area contributed by atoms with Crippen molar-refractivity contribution in [1.29, 1.82) is 0 Å². The Balaban J connectivity index is 2.38. The number of carbonyl (C=O) groups is 1. The molecule has 0 heterocycles. The number of carboxylic acids is 1. The topological polar surface area (TPSA) is 89.3 Å². The molecule has 0 fully saturated rings. The van der Waals surface area contributed by atoms with Crippen LogP contribution in [0.25, 0.3) is 0 Å². The van der Waals surface area contributed by atoms with Gasteiger partial charge in [-0.25, -0.2) is 0 Å². The minimum atomic E-state index is -0.948. The highest BCUT2D eigenvalue weighted by atomic mass is 16.4.